The van der Waals surface area contributed by atoms with E-state index in [1.54, 1.807) is 30.2 Å². The molecule has 0 fully saturated rings. The zero-order valence-corrected chi connectivity index (χ0v) is 36.0. The number of azo groups is 2. The van der Waals surface area contributed by atoms with E-state index in [1.165, 1.54) is 29.9 Å². The molecule has 5 rings (SSSR count). The van der Waals surface area contributed by atoms with Crippen molar-refractivity contribution in [3.63, 3.8) is 0 Å². The van der Waals surface area contributed by atoms with Crippen LogP contribution in [0.25, 0.3) is 0 Å². The highest BCUT2D eigenvalue weighted by Crippen LogP contribution is 2.43. The lowest BCUT2D eigenvalue weighted by atomic mass is 10.2. The Balaban J connectivity index is 1.69. The minimum absolute atomic E-state index is 0.0292. The number of methoxy groups -OCH3 is 2. The second-order valence-corrected chi connectivity index (χ2v) is 15.5. The molecule has 3 heterocycles. The third-order valence-corrected chi connectivity index (χ3v) is 11.4. The van der Waals surface area contributed by atoms with Crippen LogP contribution in [0.1, 0.15) is 27.7 Å². The number of rotatable bonds is 22. The minimum Gasteiger partial charge on any atom is -0.494 e. The first-order chi connectivity index (χ1) is 28.5. The second-order valence-electron chi connectivity index (χ2n) is 12.3. The zero-order valence-electron chi connectivity index (χ0n) is 33.5. The van der Waals surface area contributed by atoms with Gasteiger partial charge >= 0.3 is 0 Å². The lowest BCUT2D eigenvalue weighted by Gasteiger charge is -2.25. The van der Waals surface area contributed by atoms with E-state index in [2.05, 4.69) is 45.9 Å². The van der Waals surface area contributed by atoms with Crippen LogP contribution in [0.4, 0.5) is 62.0 Å². The van der Waals surface area contributed by atoms with Crippen LogP contribution in [-0.4, -0.2) is 105 Å². The molecule has 3 aromatic heterocycles. The summed E-state index contributed by atoms with van der Waals surface area (Å²) in [6.45, 7) is 10.5. The van der Waals surface area contributed by atoms with Gasteiger partial charge in [-0.05, 0) is 68.8 Å². The Hall–Kier alpha value is -5.52. The van der Waals surface area contributed by atoms with Crippen molar-refractivity contribution >= 4 is 94.8 Å². The highest BCUT2D eigenvalue weighted by molar-refractivity contribution is 7.86. The Morgan fingerprint density at radius 1 is 0.695 bits per heavy atom. The monoisotopic (exact) mass is 868 g/mol. The van der Waals surface area contributed by atoms with Crippen molar-refractivity contribution in [3.05, 3.63) is 53.2 Å². The van der Waals surface area contributed by atoms with Gasteiger partial charge in [0.25, 0.3) is 10.1 Å². The van der Waals surface area contributed by atoms with Crippen LogP contribution in [0.3, 0.4) is 0 Å². The lowest BCUT2D eigenvalue weighted by Crippen LogP contribution is -2.31. The summed E-state index contributed by atoms with van der Waals surface area (Å²) >= 11 is 2.42. The van der Waals surface area contributed by atoms with Gasteiger partial charge in [0.15, 0.2) is 5.00 Å². The standard InChI is InChI=1S/C37H48N12O7S3/c1-7-47(8-2)28-20-24(26(22-30(28)55-5)43-45-33-12-11-18-57-33)38-35-40-36(42-37(41-35)49(14-16-50)15-17-51)39-25-21-29(48(9-3)10-4)31(56-6)23-27(25)44-46-34-32(13-19-58-34)59(52,53)54/h11-13,18-23,50-51H,7-10,14-17H2,1-6H3,(H,52,53,54)(H2,38,39,40,41,42)/b45-43+,46-44+. The molecular weight excluding hydrogens is 821 g/mol. The molecular formula is C37H48N12O7S3. The SMILES string of the molecule is CCN(CC)c1cc(Nc2nc(Nc3cc(N(CC)CC)c(OC)cc3/N=N/c3sccc3S(=O)(=O)O)nc(N(CCO)CCO)n2)c(/N=N/c2cccs2)cc1OC. The highest BCUT2D eigenvalue weighted by Gasteiger charge is 2.22. The first kappa shape index (κ1) is 44.6. The van der Waals surface area contributed by atoms with Gasteiger partial charge in [-0.15, -0.1) is 43.1 Å². The summed E-state index contributed by atoms with van der Waals surface area (Å²) < 4.78 is 45.4. The molecule has 19 nitrogen and oxygen atoms in total. The van der Waals surface area contributed by atoms with E-state index in [-0.39, 0.29) is 59.7 Å². The molecule has 5 N–H and O–H groups in total. The zero-order chi connectivity index (χ0) is 42.5. The third kappa shape index (κ3) is 11.2. The number of ether oxygens (including phenoxy) is 2. The topological polar surface area (TPSA) is 235 Å². The van der Waals surface area contributed by atoms with Gasteiger partial charge in [-0.1, -0.05) is 0 Å². The maximum absolute atomic E-state index is 12.0. The van der Waals surface area contributed by atoms with E-state index in [4.69, 9.17) is 19.4 Å². The van der Waals surface area contributed by atoms with E-state index in [1.807, 2.05) is 51.3 Å². The summed E-state index contributed by atoms with van der Waals surface area (Å²) in [7, 11) is -1.44. The Morgan fingerprint density at radius 3 is 1.66 bits per heavy atom. The molecule has 0 saturated carbocycles. The molecule has 0 aliphatic heterocycles. The number of aromatic nitrogens is 3. The van der Waals surface area contributed by atoms with Gasteiger partial charge in [0, 0.05) is 51.4 Å². The molecule has 59 heavy (non-hydrogen) atoms. The average molecular weight is 869 g/mol. The van der Waals surface area contributed by atoms with Crippen LogP contribution in [0.2, 0.25) is 0 Å². The van der Waals surface area contributed by atoms with Gasteiger partial charge < -0.3 is 45.0 Å². The number of hydrogen-bond acceptors (Lipinski definition) is 20. The highest BCUT2D eigenvalue weighted by atomic mass is 32.2. The molecule has 0 aliphatic rings. The van der Waals surface area contributed by atoms with Crippen LogP contribution in [0, 0.1) is 0 Å². The summed E-state index contributed by atoms with van der Waals surface area (Å²) in [5, 5.41) is 48.1. The van der Waals surface area contributed by atoms with E-state index in [0.29, 0.717) is 65.4 Å². The first-order valence-corrected chi connectivity index (χ1v) is 21.8. The van der Waals surface area contributed by atoms with Crippen molar-refractivity contribution in [1.29, 1.82) is 0 Å². The Morgan fingerprint density at radius 2 is 1.22 bits per heavy atom. The molecule has 5 aromatic rings. The number of anilines is 7. The van der Waals surface area contributed by atoms with Gasteiger partial charge in [0.05, 0.1) is 50.2 Å². The van der Waals surface area contributed by atoms with Crippen molar-refractivity contribution in [2.24, 2.45) is 20.5 Å². The summed E-state index contributed by atoms with van der Waals surface area (Å²) in [6, 6.07) is 12.1. The molecule has 0 aliphatic carbocycles. The predicted octanol–water partition coefficient (Wildman–Crippen LogP) is 8.06. The number of benzene rings is 2. The Bertz CT molecular complexity index is 2310. The van der Waals surface area contributed by atoms with Gasteiger partial charge in [0.1, 0.15) is 32.8 Å². The van der Waals surface area contributed by atoms with Crippen molar-refractivity contribution < 1.29 is 32.7 Å². The van der Waals surface area contributed by atoms with E-state index in [9.17, 15) is 23.2 Å². The lowest BCUT2D eigenvalue weighted by molar-refractivity contribution is 0.280. The van der Waals surface area contributed by atoms with Crippen LogP contribution in [0.15, 0.2) is 78.6 Å². The minimum atomic E-state index is -4.56. The van der Waals surface area contributed by atoms with Crippen LogP contribution < -0.4 is 34.8 Å². The number of hydrogen-bond donors (Lipinski definition) is 5. The maximum Gasteiger partial charge on any atom is 0.297 e. The fourth-order valence-electron chi connectivity index (χ4n) is 5.93. The van der Waals surface area contributed by atoms with Crippen molar-refractivity contribution in [1.82, 2.24) is 15.0 Å². The normalized spacial score (nSPS) is 11.7. The van der Waals surface area contributed by atoms with E-state index in [0.717, 1.165) is 17.0 Å². The summed E-state index contributed by atoms with van der Waals surface area (Å²) in [4.78, 5) is 19.6. The molecule has 0 saturated heterocycles. The van der Waals surface area contributed by atoms with E-state index >= 15 is 0 Å². The number of aliphatic hydroxyl groups excluding tert-OH is 2. The van der Waals surface area contributed by atoms with Gasteiger partial charge in [-0.2, -0.15) is 23.4 Å². The number of thiophene rings is 2. The smallest absolute Gasteiger partial charge is 0.297 e. The molecule has 2 aromatic carbocycles. The summed E-state index contributed by atoms with van der Waals surface area (Å²) in [5.74, 6) is 1.31. The van der Waals surface area contributed by atoms with Gasteiger partial charge in [-0.25, -0.2) is 0 Å². The van der Waals surface area contributed by atoms with E-state index < -0.39 is 10.1 Å². The summed E-state index contributed by atoms with van der Waals surface area (Å²) in [5.41, 5.74) is 3.03. The van der Waals surface area contributed by atoms with Crippen molar-refractivity contribution in [2.45, 2.75) is 32.6 Å². The third-order valence-electron chi connectivity index (χ3n) is 8.84. The van der Waals surface area contributed by atoms with Crippen molar-refractivity contribution in [3.8, 4) is 11.5 Å². The Kier molecular flexibility index (Phi) is 15.8. The average Bonchev–Trinajstić information content (AvgIpc) is 3.94. The molecule has 0 bridgehead atoms. The fraction of sp³-hybridized carbons (Fsp3) is 0.378. The van der Waals surface area contributed by atoms with Crippen LogP contribution in [-0.2, 0) is 10.1 Å². The molecule has 0 spiro atoms. The summed E-state index contributed by atoms with van der Waals surface area (Å²) in [6.07, 6.45) is 0. The quantitative estimate of drug-likeness (QED) is 0.0327. The predicted molar refractivity (Wildman–Crippen MR) is 233 cm³/mol. The molecule has 0 atom stereocenters. The van der Waals surface area contributed by atoms with Crippen molar-refractivity contribution in [2.75, 3.05) is 92.0 Å². The fourth-order valence-corrected chi connectivity index (χ4v) is 8.13. The Labute approximate surface area is 350 Å². The molecule has 0 amide bonds. The largest absolute Gasteiger partial charge is 0.494 e. The first-order valence-electron chi connectivity index (χ1n) is 18.6. The molecule has 0 radical (unpaired) electrons. The number of nitrogens with zero attached hydrogens (tertiary/aromatic N) is 10. The number of nitrogens with one attached hydrogen (secondary N) is 2. The van der Waals surface area contributed by atoms with Gasteiger partial charge in [0.2, 0.25) is 17.8 Å². The molecule has 22 heteroatoms. The van der Waals surface area contributed by atoms with Gasteiger partial charge in [-0.3, -0.25) is 4.55 Å². The second kappa shape index (κ2) is 20.9. The van der Waals surface area contributed by atoms with Crippen LogP contribution >= 0.6 is 22.7 Å². The molecule has 0 unspecified atom stereocenters. The maximum atomic E-state index is 12.0. The number of aliphatic hydroxyl groups is 2. The van der Waals surface area contributed by atoms with Crippen LogP contribution in [0.5, 0.6) is 11.5 Å². The molecule has 316 valence electrons.